The normalized spacial score (nSPS) is 15.6. The van der Waals surface area contributed by atoms with Crippen molar-refractivity contribution in [3.8, 4) is 0 Å². The van der Waals surface area contributed by atoms with Gasteiger partial charge in [-0.2, -0.15) is 0 Å². The molecule has 20 heavy (non-hydrogen) atoms. The van der Waals surface area contributed by atoms with E-state index in [1.807, 2.05) is 30.3 Å². The second-order valence-corrected chi connectivity index (χ2v) is 6.47. The van der Waals surface area contributed by atoms with E-state index in [9.17, 15) is 5.11 Å². The lowest BCUT2D eigenvalue weighted by molar-refractivity contribution is 0.0463. The van der Waals surface area contributed by atoms with Gasteiger partial charge in [-0.25, -0.2) is 0 Å². The van der Waals surface area contributed by atoms with Crippen LogP contribution in [0.2, 0.25) is 0 Å². The number of rotatable bonds is 9. The molecule has 0 aliphatic heterocycles. The first-order valence-corrected chi connectivity index (χ1v) is 8.46. The number of hydrogen-bond acceptors (Lipinski definition) is 1. The van der Waals surface area contributed by atoms with Gasteiger partial charge in [-0.05, 0) is 30.5 Å². The largest absolute Gasteiger partial charge is 0.388 e. The zero-order valence-corrected chi connectivity index (χ0v) is 14.3. The van der Waals surface area contributed by atoms with Crippen molar-refractivity contribution < 1.29 is 5.11 Å². The lowest BCUT2D eigenvalue weighted by atomic mass is 9.73. The molecule has 0 fully saturated rings. The third-order valence-electron chi connectivity index (χ3n) is 4.29. The molecule has 0 unspecified atom stereocenters. The zero-order chi connectivity index (χ0) is 15.0. The van der Waals surface area contributed by atoms with Gasteiger partial charge < -0.3 is 5.11 Å². The van der Waals surface area contributed by atoms with Gasteiger partial charge in [0, 0.05) is 9.89 Å². The fourth-order valence-corrected chi connectivity index (χ4v) is 2.99. The first kappa shape index (κ1) is 17.5. The van der Waals surface area contributed by atoms with Crippen LogP contribution in [0.15, 0.2) is 41.4 Å². The molecule has 0 amide bonds. The standard InChI is InChI=1S/C18H27BrO/c1-4-7-8-9-14-18(5-2,6-3)17(20)15-10-12-16(19)13-11-15/h5,10-13,17,20H,2,4,6-9,14H2,1,3H3/t17-,18-/m0/s1. The summed E-state index contributed by atoms with van der Waals surface area (Å²) in [7, 11) is 0. The van der Waals surface area contributed by atoms with Crippen LogP contribution in [-0.4, -0.2) is 5.11 Å². The van der Waals surface area contributed by atoms with Crippen molar-refractivity contribution in [2.75, 3.05) is 0 Å². The van der Waals surface area contributed by atoms with Crippen LogP contribution >= 0.6 is 15.9 Å². The van der Waals surface area contributed by atoms with Gasteiger partial charge in [-0.3, -0.25) is 0 Å². The van der Waals surface area contributed by atoms with Crippen molar-refractivity contribution in [1.82, 2.24) is 0 Å². The van der Waals surface area contributed by atoms with Gasteiger partial charge in [0.15, 0.2) is 0 Å². The van der Waals surface area contributed by atoms with Gasteiger partial charge in [0.2, 0.25) is 0 Å². The van der Waals surface area contributed by atoms with Crippen LogP contribution in [0.25, 0.3) is 0 Å². The summed E-state index contributed by atoms with van der Waals surface area (Å²) in [6.45, 7) is 8.36. The summed E-state index contributed by atoms with van der Waals surface area (Å²) < 4.78 is 1.04. The van der Waals surface area contributed by atoms with Gasteiger partial charge in [0.25, 0.3) is 0 Å². The van der Waals surface area contributed by atoms with Crippen LogP contribution in [0.5, 0.6) is 0 Å². The fourth-order valence-electron chi connectivity index (χ4n) is 2.72. The molecule has 0 saturated heterocycles. The fraction of sp³-hybridized carbons (Fsp3) is 0.556. The molecule has 1 rings (SSSR count). The van der Waals surface area contributed by atoms with Gasteiger partial charge in [0.1, 0.15) is 0 Å². The maximum atomic E-state index is 10.8. The Hall–Kier alpha value is -0.600. The summed E-state index contributed by atoms with van der Waals surface area (Å²) in [5, 5.41) is 10.8. The Kier molecular flexibility index (Phi) is 7.53. The predicted octanol–water partition coefficient (Wildman–Crippen LogP) is 6.04. The van der Waals surface area contributed by atoms with E-state index < -0.39 is 6.10 Å². The van der Waals surface area contributed by atoms with Gasteiger partial charge in [-0.1, -0.05) is 73.7 Å². The lowest BCUT2D eigenvalue weighted by Gasteiger charge is -2.35. The Morgan fingerprint density at radius 3 is 2.35 bits per heavy atom. The summed E-state index contributed by atoms with van der Waals surface area (Å²) in [6, 6.07) is 7.96. The number of aliphatic hydroxyl groups excluding tert-OH is 1. The smallest absolute Gasteiger partial charge is 0.0880 e. The Bertz CT molecular complexity index is 398. The highest BCUT2D eigenvalue weighted by Crippen LogP contribution is 2.43. The summed E-state index contributed by atoms with van der Waals surface area (Å²) in [4.78, 5) is 0. The maximum absolute atomic E-state index is 10.8. The highest BCUT2D eigenvalue weighted by molar-refractivity contribution is 9.10. The van der Waals surface area contributed by atoms with Crippen molar-refractivity contribution in [3.63, 3.8) is 0 Å². The maximum Gasteiger partial charge on any atom is 0.0880 e. The van der Waals surface area contributed by atoms with E-state index in [4.69, 9.17) is 0 Å². The SMILES string of the molecule is C=C[C@](CC)(CCCCCC)[C@@H](O)c1ccc(Br)cc1. The van der Waals surface area contributed by atoms with Crippen LogP contribution < -0.4 is 0 Å². The number of unbranched alkanes of at least 4 members (excludes halogenated alkanes) is 3. The molecule has 1 aromatic carbocycles. The molecule has 0 radical (unpaired) electrons. The van der Waals surface area contributed by atoms with Crippen LogP contribution in [0, 0.1) is 5.41 Å². The van der Waals surface area contributed by atoms with Crippen molar-refractivity contribution in [1.29, 1.82) is 0 Å². The quantitative estimate of drug-likeness (QED) is 0.430. The highest BCUT2D eigenvalue weighted by Gasteiger charge is 2.33. The molecular formula is C18H27BrO. The Balaban J connectivity index is 2.82. The molecule has 1 nitrogen and oxygen atoms in total. The van der Waals surface area contributed by atoms with Crippen LogP contribution in [0.1, 0.15) is 64.0 Å². The molecule has 0 aromatic heterocycles. The molecule has 0 saturated carbocycles. The average Bonchev–Trinajstić information content (AvgIpc) is 2.48. The van der Waals surface area contributed by atoms with E-state index in [1.165, 1.54) is 19.3 Å². The van der Waals surface area contributed by atoms with Crippen molar-refractivity contribution in [2.24, 2.45) is 5.41 Å². The third-order valence-corrected chi connectivity index (χ3v) is 4.82. The Morgan fingerprint density at radius 1 is 1.20 bits per heavy atom. The lowest BCUT2D eigenvalue weighted by Crippen LogP contribution is -2.26. The second-order valence-electron chi connectivity index (χ2n) is 5.56. The molecule has 1 N–H and O–H groups in total. The monoisotopic (exact) mass is 338 g/mol. The van der Waals surface area contributed by atoms with Crippen LogP contribution in [0.4, 0.5) is 0 Å². The highest BCUT2D eigenvalue weighted by atomic mass is 79.9. The van der Waals surface area contributed by atoms with Crippen molar-refractivity contribution >= 4 is 15.9 Å². The van der Waals surface area contributed by atoms with Crippen LogP contribution in [0.3, 0.4) is 0 Å². The van der Waals surface area contributed by atoms with E-state index in [0.29, 0.717) is 0 Å². The van der Waals surface area contributed by atoms with Gasteiger partial charge in [-0.15, -0.1) is 6.58 Å². The molecule has 0 aliphatic carbocycles. The number of aliphatic hydroxyl groups is 1. The molecule has 2 heteroatoms. The molecule has 0 heterocycles. The Labute approximate surface area is 132 Å². The van der Waals surface area contributed by atoms with E-state index in [-0.39, 0.29) is 5.41 Å². The minimum atomic E-state index is -0.472. The molecule has 0 spiro atoms. The first-order valence-electron chi connectivity index (χ1n) is 7.66. The van der Waals surface area contributed by atoms with E-state index in [0.717, 1.165) is 29.3 Å². The molecular weight excluding hydrogens is 312 g/mol. The van der Waals surface area contributed by atoms with E-state index in [1.54, 1.807) is 0 Å². The minimum absolute atomic E-state index is 0.207. The summed E-state index contributed by atoms with van der Waals surface area (Å²) in [5.74, 6) is 0. The topological polar surface area (TPSA) is 20.2 Å². The van der Waals surface area contributed by atoms with Gasteiger partial charge >= 0.3 is 0 Å². The summed E-state index contributed by atoms with van der Waals surface area (Å²) in [6.07, 6.45) is 8.31. The third kappa shape index (κ3) is 4.46. The molecule has 2 atom stereocenters. The number of benzene rings is 1. The molecule has 1 aromatic rings. The van der Waals surface area contributed by atoms with Gasteiger partial charge in [0.05, 0.1) is 6.10 Å². The summed E-state index contributed by atoms with van der Waals surface area (Å²) in [5.41, 5.74) is 0.770. The number of hydrogen-bond donors (Lipinski definition) is 1. The van der Waals surface area contributed by atoms with E-state index in [2.05, 4.69) is 36.4 Å². The number of halogens is 1. The van der Waals surface area contributed by atoms with E-state index >= 15 is 0 Å². The summed E-state index contributed by atoms with van der Waals surface area (Å²) >= 11 is 3.44. The molecule has 0 aliphatic rings. The average molecular weight is 339 g/mol. The Morgan fingerprint density at radius 2 is 1.85 bits per heavy atom. The molecule has 112 valence electrons. The van der Waals surface area contributed by atoms with Crippen molar-refractivity contribution in [2.45, 2.75) is 58.5 Å². The molecule has 0 bridgehead atoms. The minimum Gasteiger partial charge on any atom is -0.388 e. The second kappa shape index (κ2) is 8.63. The first-order chi connectivity index (χ1) is 9.59. The van der Waals surface area contributed by atoms with Crippen LogP contribution in [-0.2, 0) is 0 Å². The van der Waals surface area contributed by atoms with Crippen molar-refractivity contribution in [3.05, 3.63) is 47.0 Å². The zero-order valence-electron chi connectivity index (χ0n) is 12.7. The predicted molar refractivity (Wildman–Crippen MR) is 90.8 cm³/mol.